The van der Waals surface area contributed by atoms with Gasteiger partial charge in [-0.15, -0.1) is 0 Å². The molecule has 0 radical (unpaired) electrons. The van der Waals surface area contributed by atoms with E-state index >= 15 is 0 Å². The monoisotopic (exact) mass is 274 g/mol. The third-order valence-electron chi connectivity index (χ3n) is 2.90. The van der Waals surface area contributed by atoms with Gasteiger partial charge in [0.05, 0.1) is 0 Å². The van der Waals surface area contributed by atoms with E-state index in [-0.39, 0.29) is 5.84 Å². The minimum absolute atomic E-state index is 0.127. The van der Waals surface area contributed by atoms with Crippen molar-refractivity contribution in [2.75, 3.05) is 11.9 Å². The number of rotatable bonds is 4. The van der Waals surface area contributed by atoms with Crippen LogP contribution in [0.2, 0.25) is 0 Å². The van der Waals surface area contributed by atoms with Crippen molar-refractivity contribution in [1.29, 1.82) is 0 Å². The van der Waals surface area contributed by atoms with Crippen molar-refractivity contribution < 1.29 is 9.60 Å². The minimum Gasteiger partial charge on any atom is -0.409 e. The predicted octanol–water partition coefficient (Wildman–Crippen LogP) is 1.95. The summed E-state index contributed by atoms with van der Waals surface area (Å²) in [4.78, 5) is 5.92. The zero-order valence-electron chi connectivity index (χ0n) is 11.0. The summed E-state index contributed by atoms with van der Waals surface area (Å²) >= 11 is 0. The van der Waals surface area contributed by atoms with Crippen molar-refractivity contribution in [2.24, 2.45) is 10.9 Å². The number of amidine groups is 1. The number of hydrogen-bond acceptors (Lipinski definition) is 4. The number of nitrogens with zero attached hydrogens (tertiary/aromatic N) is 3. The Bertz CT molecular complexity index is 616. The van der Waals surface area contributed by atoms with E-state index in [1.54, 1.807) is 18.5 Å². The largest absolute Gasteiger partial charge is 0.409 e. The predicted molar refractivity (Wildman–Crippen MR) is 75.3 cm³/mol. The number of aromatic nitrogens is 1. The molecule has 5 nitrogen and oxygen atoms in total. The van der Waals surface area contributed by atoms with E-state index in [0.29, 0.717) is 17.8 Å². The maximum absolute atomic E-state index is 13.3. The van der Waals surface area contributed by atoms with Crippen LogP contribution >= 0.6 is 0 Å². The SMILES string of the molecule is CN(Cc1cccnc1)c1ccc(F)cc1C(N)=NO. The molecule has 0 amide bonds. The van der Waals surface area contributed by atoms with Crippen LogP contribution in [0.5, 0.6) is 0 Å². The average molecular weight is 274 g/mol. The van der Waals surface area contributed by atoms with Gasteiger partial charge in [0.25, 0.3) is 0 Å². The molecule has 0 spiro atoms. The van der Waals surface area contributed by atoms with E-state index in [4.69, 9.17) is 10.9 Å². The molecular formula is C14H15FN4O. The highest BCUT2D eigenvalue weighted by molar-refractivity contribution is 6.02. The smallest absolute Gasteiger partial charge is 0.172 e. The van der Waals surface area contributed by atoms with Crippen molar-refractivity contribution in [1.82, 2.24) is 4.98 Å². The van der Waals surface area contributed by atoms with Crippen molar-refractivity contribution in [3.05, 3.63) is 59.7 Å². The molecule has 0 fully saturated rings. The average Bonchev–Trinajstić information content (AvgIpc) is 2.47. The van der Waals surface area contributed by atoms with Crippen LogP contribution in [0.3, 0.4) is 0 Å². The number of oxime groups is 1. The van der Waals surface area contributed by atoms with Crippen LogP contribution in [0, 0.1) is 5.82 Å². The zero-order chi connectivity index (χ0) is 14.5. The van der Waals surface area contributed by atoms with Crippen LogP contribution in [0.25, 0.3) is 0 Å². The second-order valence-electron chi connectivity index (χ2n) is 4.36. The van der Waals surface area contributed by atoms with Crippen LogP contribution in [-0.2, 0) is 6.54 Å². The number of benzene rings is 1. The fourth-order valence-electron chi connectivity index (χ4n) is 1.95. The molecule has 0 saturated carbocycles. The van der Waals surface area contributed by atoms with Gasteiger partial charge in [-0.05, 0) is 29.8 Å². The highest BCUT2D eigenvalue weighted by Gasteiger charge is 2.12. The Labute approximate surface area is 116 Å². The quantitative estimate of drug-likeness (QED) is 0.387. The van der Waals surface area contributed by atoms with Gasteiger partial charge in [0.1, 0.15) is 5.82 Å². The molecule has 0 aliphatic heterocycles. The molecule has 2 aromatic rings. The second-order valence-corrected chi connectivity index (χ2v) is 4.36. The number of anilines is 1. The van der Waals surface area contributed by atoms with Gasteiger partial charge in [-0.3, -0.25) is 4.98 Å². The van der Waals surface area contributed by atoms with Gasteiger partial charge in [-0.2, -0.15) is 0 Å². The summed E-state index contributed by atoms with van der Waals surface area (Å²) in [5.74, 6) is -0.567. The lowest BCUT2D eigenvalue weighted by Crippen LogP contribution is -2.23. The summed E-state index contributed by atoms with van der Waals surface area (Å²) in [6.07, 6.45) is 3.45. The highest BCUT2D eigenvalue weighted by Crippen LogP contribution is 2.22. The third kappa shape index (κ3) is 3.03. The van der Waals surface area contributed by atoms with Crippen molar-refractivity contribution in [3.63, 3.8) is 0 Å². The van der Waals surface area contributed by atoms with E-state index in [1.165, 1.54) is 12.1 Å². The van der Waals surface area contributed by atoms with E-state index in [1.807, 2.05) is 24.1 Å². The maximum Gasteiger partial charge on any atom is 0.172 e. The maximum atomic E-state index is 13.3. The summed E-state index contributed by atoms with van der Waals surface area (Å²) < 4.78 is 13.3. The molecule has 20 heavy (non-hydrogen) atoms. The van der Waals surface area contributed by atoms with Gasteiger partial charge < -0.3 is 15.8 Å². The number of pyridine rings is 1. The Morgan fingerprint density at radius 2 is 2.25 bits per heavy atom. The van der Waals surface area contributed by atoms with Crippen LogP contribution in [0.4, 0.5) is 10.1 Å². The molecule has 0 bridgehead atoms. The molecule has 0 aliphatic rings. The van der Waals surface area contributed by atoms with Crippen LogP contribution in [0.15, 0.2) is 47.9 Å². The molecule has 3 N–H and O–H groups in total. The Balaban J connectivity index is 2.32. The molecule has 1 heterocycles. The van der Waals surface area contributed by atoms with Gasteiger partial charge in [0.15, 0.2) is 5.84 Å². The van der Waals surface area contributed by atoms with Gasteiger partial charge in [0, 0.05) is 37.2 Å². The standard InChI is InChI=1S/C14H15FN4O/c1-19(9-10-3-2-6-17-8-10)13-5-4-11(15)7-12(13)14(16)18-20/h2-8,20H,9H2,1H3,(H2,16,18). The van der Waals surface area contributed by atoms with Crippen molar-refractivity contribution >= 4 is 11.5 Å². The van der Waals surface area contributed by atoms with Crippen molar-refractivity contribution in [2.45, 2.75) is 6.54 Å². The Morgan fingerprint density at radius 3 is 2.90 bits per heavy atom. The fraction of sp³-hybridized carbons (Fsp3) is 0.143. The van der Waals surface area contributed by atoms with Crippen LogP contribution in [0.1, 0.15) is 11.1 Å². The zero-order valence-corrected chi connectivity index (χ0v) is 11.0. The Hall–Kier alpha value is -2.63. The van der Waals surface area contributed by atoms with Crippen LogP contribution < -0.4 is 10.6 Å². The molecule has 1 aromatic carbocycles. The first kappa shape index (κ1) is 13.8. The van der Waals surface area contributed by atoms with Gasteiger partial charge in [0.2, 0.25) is 0 Å². The van der Waals surface area contributed by atoms with E-state index in [0.717, 1.165) is 5.56 Å². The first-order chi connectivity index (χ1) is 9.61. The topological polar surface area (TPSA) is 74.7 Å². The number of nitrogens with two attached hydrogens (primary N) is 1. The summed E-state index contributed by atoms with van der Waals surface area (Å²) in [6.45, 7) is 0.575. The molecule has 0 saturated heterocycles. The summed E-state index contributed by atoms with van der Waals surface area (Å²) in [5.41, 5.74) is 7.61. The molecular weight excluding hydrogens is 259 g/mol. The number of hydrogen-bond donors (Lipinski definition) is 2. The first-order valence-corrected chi connectivity index (χ1v) is 5.99. The second kappa shape index (κ2) is 6.01. The van der Waals surface area contributed by atoms with Gasteiger partial charge >= 0.3 is 0 Å². The number of halogens is 1. The van der Waals surface area contributed by atoms with Gasteiger partial charge in [-0.25, -0.2) is 4.39 Å². The molecule has 6 heteroatoms. The minimum atomic E-state index is -0.440. The van der Waals surface area contributed by atoms with Crippen molar-refractivity contribution in [3.8, 4) is 0 Å². The third-order valence-corrected chi connectivity index (χ3v) is 2.90. The van der Waals surface area contributed by atoms with E-state index < -0.39 is 5.82 Å². The molecule has 0 atom stereocenters. The lowest BCUT2D eigenvalue weighted by Gasteiger charge is -2.22. The molecule has 0 unspecified atom stereocenters. The normalized spacial score (nSPS) is 11.4. The summed E-state index contributed by atoms with van der Waals surface area (Å²) in [5, 5.41) is 11.7. The lowest BCUT2D eigenvalue weighted by molar-refractivity contribution is 0.318. The van der Waals surface area contributed by atoms with E-state index in [2.05, 4.69) is 10.1 Å². The van der Waals surface area contributed by atoms with Crippen LogP contribution in [-0.4, -0.2) is 23.1 Å². The first-order valence-electron chi connectivity index (χ1n) is 5.99. The summed E-state index contributed by atoms with van der Waals surface area (Å²) in [7, 11) is 1.84. The fourth-order valence-corrected chi connectivity index (χ4v) is 1.95. The van der Waals surface area contributed by atoms with E-state index in [9.17, 15) is 4.39 Å². The Morgan fingerprint density at radius 1 is 1.45 bits per heavy atom. The molecule has 104 valence electrons. The highest BCUT2D eigenvalue weighted by atomic mass is 19.1. The summed E-state index contributed by atoms with van der Waals surface area (Å²) in [6, 6.07) is 7.96. The molecule has 1 aromatic heterocycles. The lowest BCUT2D eigenvalue weighted by atomic mass is 10.1. The molecule has 2 rings (SSSR count). The van der Waals surface area contributed by atoms with Gasteiger partial charge in [-0.1, -0.05) is 11.2 Å². The Kier molecular flexibility index (Phi) is 4.14. The molecule has 0 aliphatic carbocycles.